The highest BCUT2D eigenvalue weighted by Gasteiger charge is 2.29. The number of hydrogen-bond donors (Lipinski definition) is 1. The first-order valence-corrected chi connectivity index (χ1v) is 7.62. The van der Waals surface area contributed by atoms with Crippen LogP contribution >= 0.6 is 0 Å². The quantitative estimate of drug-likeness (QED) is 0.831. The zero-order valence-corrected chi connectivity index (χ0v) is 12.7. The van der Waals surface area contributed by atoms with Crippen molar-refractivity contribution in [3.8, 4) is 0 Å². The van der Waals surface area contributed by atoms with Gasteiger partial charge >= 0.3 is 0 Å². The molecule has 0 radical (unpaired) electrons. The molecule has 1 amide bonds. The van der Waals surface area contributed by atoms with Crippen LogP contribution in [0.5, 0.6) is 0 Å². The molecule has 1 heterocycles. The molecule has 0 atom stereocenters. The molecule has 1 fully saturated rings. The molecule has 0 saturated heterocycles. The van der Waals surface area contributed by atoms with E-state index in [-0.39, 0.29) is 11.9 Å². The van der Waals surface area contributed by atoms with Crippen LogP contribution in [0.1, 0.15) is 50.4 Å². The molecule has 1 aliphatic rings. The van der Waals surface area contributed by atoms with Crippen LogP contribution in [0.3, 0.4) is 0 Å². The lowest BCUT2D eigenvalue weighted by atomic mass is 10.1. The minimum atomic E-state index is 0.0959. The number of anilines is 1. The van der Waals surface area contributed by atoms with Gasteiger partial charge in [0.05, 0.1) is 11.3 Å². The van der Waals surface area contributed by atoms with Gasteiger partial charge in [-0.3, -0.25) is 9.78 Å². The van der Waals surface area contributed by atoms with Crippen molar-refractivity contribution in [1.82, 2.24) is 9.88 Å². The number of rotatable bonds is 7. The summed E-state index contributed by atoms with van der Waals surface area (Å²) in [6.45, 7) is 8.02. The lowest BCUT2D eigenvalue weighted by Gasteiger charge is -2.27. The van der Waals surface area contributed by atoms with Crippen molar-refractivity contribution in [2.75, 3.05) is 18.4 Å². The third kappa shape index (κ3) is 3.71. The summed E-state index contributed by atoms with van der Waals surface area (Å²) >= 11 is 0. The van der Waals surface area contributed by atoms with Gasteiger partial charge in [0.15, 0.2) is 0 Å². The summed E-state index contributed by atoms with van der Waals surface area (Å²) in [6.07, 6.45) is 6.96. The highest BCUT2D eigenvalue weighted by atomic mass is 16.2. The van der Waals surface area contributed by atoms with Crippen LogP contribution in [-0.4, -0.2) is 34.9 Å². The Morgan fingerprint density at radius 2 is 2.25 bits per heavy atom. The van der Waals surface area contributed by atoms with Crippen molar-refractivity contribution in [2.45, 2.75) is 46.1 Å². The Balaban J connectivity index is 2.16. The normalized spacial score (nSPS) is 14.4. The van der Waals surface area contributed by atoms with Gasteiger partial charge in [-0.25, -0.2) is 0 Å². The molecule has 20 heavy (non-hydrogen) atoms. The Morgan fingerprint density at radius 1 is 1.50 bits per heavy atom. The van der Waals surface area contributed by atoms with Gasteiger partial charge < -0.3 is 10.2 Å². The fourth-order valence-corrected chi connectivity index (χ4v) is 2.24. The van der Waals surface area contributed by atoms with Crippen LogP contribution in [0.4, 0.5) is 5.69 Å². The zero-order chi connectivity index (χ0) is 14.5. The molecule has 4 nitrogen and oxygen atoms in total. The Morgan fingerprint density at radius 3 is 2.85 bits per heavy atom. The SMILES string of the molecule is CCCNc1ccncc1C(=O)N(CC1CC1)C(C)C. The first kappa shape index (κ1) is 14.8. The average Bonchev–Trinajstić information content (AvgIpc) is 3.26. The second kappa shape index (κ2) is 6.73. The fourth-order valence-electron chi connectivity index (χ4n) is 2.24. The van der Waals surface area contributed by atoms with Crippen molar-refractivity contribution in [3.63, 3.8) is 0 Å². The van der Waals surface area contributed by atoms with E-state index in [2.05, 4.69) is 31.1 Å². The van der Waals surface area contributed by atoms with Crippen LogP contribution in [0.2, 0.25) is 0 Å². The highest BCUT2D eigenvalue weighted by Crippen LogP contribution is 2.31. The highest BCUT2D eigenvalue weighted by molar-refractivity contribution is 5.99. The number of hydrogen-bond acceptors (Lipinski definition) is 3. The zero-order valence-electron chi connectivity index (χ0n) is 12.7. The first-order valence-electron chi connectivity index (χ1n) is 7.62. The van der Waals surface area contributed by atoms with Crippen LogP contribution in [0.25, 0.3) is 0 Å². The lowest BCUT2D eigenvalue weighted by molar-refractivity contribution is 0.0697. The Kier molecular flexibility index (Phi) is 4.99. The summed E-state index contributed by atoms with van der Waals surface area (Å²) in [6, 6.07) is 2.11. The molecule has 0 unspecified atom stereocenters. The molecule has 4 heteroatoms. The lowest BCUT2D eigenvalue weighted by Crippen LogP contribution is -2.38. The monoisotopic (exact) mass is 275 g/mol. The second-order valence-corrected chi connectivity index (χ2v) is 5.84. The number of carbonyl (C=O) groups excluding carboxylic acids is 1. The van der Waals surface area contributed by atoms with Crippen molar-refractivity contribution < 1.29 is 4.79 Å². The van der Waals surface area contributed by atoms with Gasteiger partial charge in [0.25, 0.3) is 5.91 Å². The van der Waals surface area contributed by atoms with Gasteiger partial charge in [0.1, 0.15) is 0 Å². The summed E-state index contributed by atoms with van der Waals surface area (Å²) in [7, 11) is 0. The molecule has 0 aromatic carbocycles. The van der Waals surface area contributed by atoms with Crippen LogP contribution in [0, 0.1) is 5.92 Å². The standard InChI is InChI=1S/C16H25N3O/c1-4-8-18-15-7-9-17-10-14(15)16(20)19(12(2)3)11-13-5-6-13/h7,9-10,12-13H,4-6,8,11H2,1-3H3,(H,17,18). The molecule has 1 aliphatic carbocycles. The summed E-state index contributed by atoms with van der Waals surface area (Å²) in [5.74, 6) is 0.795. The Labute approximate surface area is 121 Å². The van der Waals surface area contributed by atoms with Gasteiger partial charge in [0.2, 0.25) is 0 Å². The predicted molar refractivity (Wildman–Crippen MR) is 81.9 cm³/mol. The molecule has 1 N–H and O–H groups in total. The number of aromatic nitrogens is 1. The number of carbonyl (C=O) groups is 1. The molecule has 0 aliphatic heterocycles. The molecular formula is C16H25N3O. The van der Waals surface area contributed by atoms with E-state index in [0.717, 1.165) is 25.2 Å². The fraction of sp³-hybridized carbons (Fsp3) is 0.625. The van der Waals surface area contributed by atoms with Crippen molar-refractivity contribution in [2.24, 2.45) is 5.92 Å². The van der Waals surface area contributed by atoms with E-state index in [1.165, 1.54) is 12.8 Å². The van der Waals surface area contributed by atoms with Gasteiger partial charge in [-0.05, 0) is 45.1 Å². The van der Waals surface area contributed by atoms with Gasteiger partial charge in [-0.1, -0.05) is 6.92 Å². The average molecular weight is 275 g/mol. The maximum Gasteiger partial charge on any atom is 0.257 e. The molecular weight excluding hydrogens is 250 g/mol. The molecule has 0 bridgehead atoms. The maximum absolute atomic E-state index is 12.8. The van der Waals surface area contributed by atoms with Gasteiger partial charge in [0, 0.05) is 31.5 Å². The van der Waals surface area contributed by atoms with E-state index in [9.17, 15) is 4.79 Å². The van der Waals surface area contributed by atoms with E-state index in [1.807, 2.05) is 11.0 Å². The van der Waals surface area contributed by atoms with Crippen LogP contribution < -0.4 is 5.32 Å². The number of pyridine rings is 1. The number of amides is 1. The van der Waals surface area contributed by atoms with E-state index in [0.29, 0.717) is 11.5 Å². The molecule has 2 rings (SSSR count). The first-order chi connectivity index (χ1) is 9.63. The van der Waals surface area contributed by atoms with Gasteiger partial charge in [-0.15, -0.1) is 0 Å². The van der Waals surface area contributed by atoms with Crippen molar-refractivity contribution in [1.29, 1.82) is 0 Å². The molecule has 1 aromatic heterocycles. The maximum atomic E-state index is 12.8. The largest absolute Gasteiger partial charge is 0.384 e. The van der Waals surface area contributed by atoms with E-state index in [1.54, 1.807) is 12.4 Å². The summed E-state index contributed by atoms with van der Waals surface area (Å²) in [4.78, 5) is 18.9. The van der Waals surface area contributed by atoms with Crippen molar-refractivity contribution in [3.05, 3.63) is 24.0 Å². The van der Waals surface area contributed by atoms with Crippen LogP contribution in [0.15, 0.2) is 18.5 Å². The summed E-state index contributed by atoms with van der Waals surface area (Å²) in [5, 5.41) is 3.32. The van der Waals surface area contributed by atoms with Gasteiger partial charge in [-0.2, -0.15) is 0 Å². The Hall–Kier alpha value is -1.58. The minimum absolute atomic E-state index is 0.0959. The predicted octanol–water partition coefficient (Wildman–Crippen LogP) is 3.16. The molecule has 110 valence electrons. The van der Waals surface area contributed by atoms with E-state index >= 15 is 0 Å². The molecule has 0 spiro atoms. The summed E-state index contributed by atoms with van der Waals surface area (Å²) in [5.41, 5.74) is 1.59. The number of nitrogens with zero attached hydrogens (tertiary/aromatic N) is 2. The third-order valence-corrected chi connectivity index (χ3v) is 3.65. The smallest absolute Gasteiger partial charge is 0.257 e. The van der Waals surface area contributed by atoms with E-state index in [4.69, 9.17) is 0 Å². The minimum Gasteiger partial charge on any atom is -0.384 e. The topological polar surface area (TPSA) is 45.2 Å². The Bertz CT molecular complexity index is 455. The van der Waals surface area contributed by atoms with E-state index < -0.39 is 0 Å². The van der Waals surface area contributed by atoms with Crippen LogP contribution in [-0.2, 0) is 0 Å². The molecule has 1 aromatic rings. The molecule has 1 saturated carbocycles. The summed E-state index contributed by atoms with van der Waals surface area (Å²) < 4.78 is 0. The second-order valence-electron chi connectivity index (χ2n) is 5.84. The van der Waals surface area contributed by atoms with Crippen molar-refractivity contribution >= 4 is 11.6 Å². The third-order valence-electron chi connectivity index (χ3n) is 3.65. The number of nitrogens with one attached hydrogen (secondary N) is 1.